The van der Waals surface area contributed by atoms with Crippen LogP contribution in [0.3, 0.4) is 0 Å². The Morgan fingerprint density at radius 1 is 1.32 bits per heavy atom. The molecule has 9 heteroatoms. The van der Waals surface area contributed by atoms with Crippen molar-refractivity contribution in [2.24, 2.45) is 0 Å². The van der Waals surface area contributed by atoms with E-state index in [1.54, 1.807) is 19.1 Å². The van der Waals surface area contributed by atoms with Gasteiger partial charge in [-0.1, -0.05) is 19.1 Å². The lowest BCUT2D eigenvalue weighted by molar-refractivity contribution is -0.148. The average Bonchev–Trinajstić information content (AvgIpc) is 3.00. The van der Waals surface area contributed by atoms with Gasteiger partial charge in [0.1, 0.15) is 6.04 Å². The highest BCUT2D eigenvalue weighted by Crippen LogP contribution is 2.22. The first-order valence-corrected chi connectivity index (χ1v) is 9.40. The number of ether oxygens (including phenoxy) is 1. The fourth-order valence-corrected chi connectivity index (χ4v) is 3.86. The minimum atomic E-state index is -3.54. The number of methoxy groups -OCH3 is 1. The number of carbonyl (C=O) groups is 2. The molecule has 8 nitrogen and oxygen atoms in total. The standard InChI is InChI=1S/C16H22N2O6S/c1-3-17-25(22,23)13-6-4-11(5-7-13)8-15(19)18-10-12(24-2)9-14(18)16(20)21/h4-7,12,14,17H,3,8-10H2,1-2H3,(H,20,21). The predicted molar refractivity (Wildman–Crippen MR) is 89.6 cm³/mol. The first-order valence-electron chi connectivity index (χ1n) is 7.92. The minimum absolute atomic E-state index is 0.00173. The van der Waals surface area contributed by atoms with Crippen molar-refractivity contribution in [2.75, 3.05) is 20.2 Å². The van der Waals surface area contributed by atoms with Crippen LogP contribution in [0.4, 0.5) is 0 Å². The number of carboxylic acid groups (broad SMARTS) is 1. The van der Waals surface area contributed by atoms with E-state index in [1.165, 1.54) is 24.1 Å². The van der Waals surface area contributed by atoms with Crippen molar-refractivity contribution in [2.45, 2.75) is 36.8 Å². The van der Waals surface area contributed by atoms with Crippen LogP contribution in [-0.2, 0) is 30.8 Å². The van der Waals surface area contributed by atoms with Gasteiger partial charge in [-0.15, -0.1) is 0 Å². The SMILES string of the molecule is CCNS(=O)(=O)c1ccc(CC(=O)N2CC(OC)CC2C(=O)O)cc1. The van der Waals surface area contributed by atoms with Crippen LogP contribution < -0.4 is 4.72 Å². The number of nitrogens with zero attached hydrogens (tertiary/aromatic N) is 1. The third kappa shape index (κ3) is 4.56. The van der Waals surface area contributed by atoms with E-state index in [0.717, 1.165) is 0 Å². The Balaban J connectivity index is 2.09. The number of aliphatic carboxylic acids is 1. The maximum Gasteiger partial charge on any atom is 0.326 e. The highest BCUT2D eigenvalue weighted by molar-refractivity contribution is 7.89. The molecular weight excluding hydrogens is 348 g/mol. The van der Waals surface area contributed by atoms with E-state index in [1.807, 2.05) is 0 Å². The lowest BCUT2D eigenvalue weighted by Gasteiger charge is -2.21. The molecule has 2 rings (SSSR count). The third-order valence-corrected chi connectivity index (χ3v) is 5.69. The van der Waals surface area contributed by atoms with Gasteiger partial charge < -0.3 is 14.7 Å². The van der Waals surface area contributed by atoms with Gasteiger partial charge in [-0.2, -0.15) is 0 Å². The Hall–Kier alpha value is -1.97. The molecule has 1 heterocycles. The molecule has 2 atom stereocenters. The first kappa shape index (κ1) is 19.4. The van der Waals surface area contributed by atoms with E-state index in [4.69, 9.17) is 4.74 Å². The molecule has 0 aromatic heterocycles. The normalized spacial score (nSPS) is 20.6. The number of amides is 1. The van der Waals surface area contributed by atoms with Crippen LogP contribution in [0.2, 0.25) is 0 Å². The van der Waals surface area contributed by atoms with Gasteiger partial charge in [0.05, 0.1) is 17.4 Å². The van der Waals surface area contributed by atoms with E-state index in [9.17, 15) is 23.1 Å². The lowest BCUT2D eigenvalue weighted by atomic mass is 10.1. The summed E-state index contributed by atoms with van der Waals surface area (Å²) in [5.74, 6) is -1.38. The second kappa shape index (κ2) is 7.94. The van der Waals surface area contributed by atoms with Gasteiger partial charge in [0.25, 0.3) is 0 Å². The summed E-state index contributed by atoms with van der Waals surface area (Å²) >= 11 is 0. The Labute approximate surface area is 146 Å². The topological polar surface area (TPSA) is 113 Å². The molecule has 1 aromatic rings. The summed E-state index contributed by atoms with van der Waals surface area (Å²) in [7, 11) is -2.05. The van der Waals surface area contributed by atoms with Crippen molar-refractivity contribution in [1.82, 2.24) is 9.62 Å². The van der Waals surface area contributed by atoms with Gasteiger partial charge in [-0.3, -0.25) is 4.79 Å². The highest BCUT2D eigenvalue weighted by atomic mass is 32.2. The Morgan fingerprint density at radius 3 is 2.48 bits per heavy atom. The number of carboxylic acids is 1. The summed E-state index contributed by atoms with van der Waals surface area (Å²) in [6.45, 7) is 2.21. The smallest absolute Gasteiger partial charge is 0.326 e. The molecule has 1 fully saturated rings. The zero-order valence-corrected chi connectivity index (χ0v) is 15.0. The average molecular weight is 370 g/mol. The monoisotopic (exact) mass is 370 g/mol. The number of carbonyl (C=O) groups excluding carboxylic acids is 1. The van der Waals surface area contributed by atoms with Crippen molar-refractivity contribution < 1.29 is 27.9 Å². The summed E-state index contributed by atoms with van der Waals surface area (Å²) in [6, 6.07) is 5.07. The number of sulfonamides is 1. The predicted octanol–water partition coefficient (Wildman–Crippen LogP) is 0.228. The zero-order chi connectivity index (χ0) is 18.6. The van der Waals surface area contributed by atoms with Crippen LogP contribution >= 0.6 is 0 Å². The van der Waals surface area contributed by atoms with E-state index >= 15 is 0 Å². The van der Waals surface area contributed by atoms with E-state index < -0.39 is 22.0 Å². The number of hydrogen-bond donors (Lipinski definition) is 2. The number of hydrogen-bond acceptors (Lipinski definition) is 5. The van der Waals surface area contributed by atoms with E-state index in [2.05, 4.69) is 4.72 Å². The Kier molecular flexibility index (Phi) is 6.15. The van der Waals surface area contributed by atoms with Crippen LogP contribution in [0.15, 0.2) is 29.2 Å². The molecule has 0 aliphatic carbocycles. The second-order valence-electron chi connectivity index (χ2n) is 5.82. The van der Waals surface area contributed by atoms with Gasteiger partial charge in [-0.25, -0.2) is 17.9 Å². The Morgan fingerprint density at radius 2 is 1.96 bits per heavy atom. The molecule has 138 valence electrons. The summed E-state index contributed by atoms with van der Waals surface area (Å²) < 4.78 is 31.4. The Bertz CT molecular complexity index is 731. The van der Waals surface area contributed by atoms with Gasteiger partial charge in [0, 0.05) is 26.6 Å². The molecule has 1 saturated heterocycles. The maximum atomic E-state index is 12.5. The summed E-state index contributed by atoms with van der Waals surface area (Å²) in [4.78, 5) is 25.2. The molecule has 2 unspecified atom stereocenters. The quantitative estimate of drug-likeness (QED) is 0.710. The van der Waals surface area contributed by atoms with Gasteiger partial charge in [-0.05, 0) is 17.7 Å². The molecule has 0 radical (unpaired) electrons. The fourth-order valence-electron chi connectivity index (χ4n) is 2.81. The van der Waals surface area contributed by atoms with Crippen LogP contribution in [0.5, 0.6) is 0 Å². The third-order valence-electron chi connectivity index (χ3n) is 4.12. The second-order valence-corrected chi connectivity index (χ2v) is 7.58. The van der Waals surface area contributed by atoms with Crippen LogP contribution in [0, 0.1) is 0 Å². The molecule has 0 spiro atoms. The molecule has 1 aliphatic heterocycles. The fraction of sp³-hybridized carbons (Fsp3) is 0.500. The van der Waals surface area contributed by atoms with Crippen molar-refractivity contribution in [3.05, 3.63) is 29.8 Å². The van der Waals surface area contributed by atoms with Gasteiger partial charge in [0.15, 0.2) is 0 Å². The molecular formula is C16H22N2O6S. The number of rotatable bonds is 7. The summed E-state index contributed by atoms with van der Waals surface area (Å²) in [5, 5.41) is 9.27. The number of likely N-dealkylation sites (tertiary alicyclic amines) is 1. The molecule has 1 aliphatic rings. The highest BCUT2D eigenvalue weighted by Gasteiger charge is 2.39. The van der Waals surface area contributed by atoms with E-state index in [0.29, 0.717) is 5.56 Å². The molecule has 2 N–H and O–H groups in total. The molecule has 0 saturated carbocycles. The molecule has 25 heavy (non-hydrogen) atoms. The summed E-state index contributed by atoms with van der Waals surface area (Å²) in [5.41, 5.74) is 0.616. The maximum absolute atomic E-state index is 12.5. The van der Waals surface area contributed by atoms with E-state index in [-0.39, 0.29) is 42.8 Å². The van der Waals surface area contributed by atoms with Crippen molar-refractivity contribution in [3.63, 3.8) is 0 Å². The lowest BCUT2D eigenvalue weighted by Crippen LogP contribution is -2.41. The van der Waals surface area contributed by atoms with Crippen molar-refractivity contribution >= 4 is 21.9 Å². The first-order chi connectivity index (χ1) is 11.8. The molecule has 1 amide bonds. The van der Waals surface area contributed by atoms with Crippen molar-refractivity contribution in [1.29, 1.82) is 0 Å². The number of benzene rings is 1. The molecule has 1 aromatic carbocycles. The zero-order valence-electron chi connectivity index (χ0n) is 14.1. The summed E-state index contributed by atoms with van der Waals surface area (Å²) in [6.07, 6.45) is -0.0307. The van der Waals surface area contributed by atoms with Crippen molar-refractivity contribution in [3.8, 4) is 0 Å². The van der Waals surface area contributed by atoms with Crippen LogP contribution in [-0.4, -0.2) is 62.6 Å². The van der Waals surface area contributed by atoms with Crippen LogP contribution in [0.1, 0.15) is 18.9 Å². The van der Waals surface area contributed by atoms with Crippen LogP contribution in [0.25, 0.3) is 0 Å². The van der Waals surface area contributed by atoms with Gasteiger partial charge in [0.2, 0.25) is 15.9 Å². The largest absolute Gasteiger partial charge is 0.480 e. The molecule has 0 bridgehead atoms. The minimum Gasteiger partial charge on any atom is -0.480 e. The van der Waals surface area contributed by atoms with Gasteiger partial charge >= 0.3 is 5.97 Å². The number of nitrogens with one attached hydrogen (secondary N) is 1.